The van der Waals surface area contributed by atoms with Crippen molar-refractivity contribution in [3.8, 4) is 5.75 Å². The number of thioether (sulfide) groups is 1. The highest BCUT2D eigenvalue weighted by Crippen LogP contribution is 2.33. The van der Waals surface area contributed by atoms with Crippen molar-refractivity contribution in [2.45, 2.75) is 19.3 Å². The molecular formula is C21H22ClNO4S. The summed E-state index contributed by atoms with van der Waals surface area (Å²) < 4.78 is 17.4. The van der Waals surface area contributed by atoms with Gasteiger partial charge >= 0.3 is 0 Å². The van der Waals surface area contributed by atoms with E-state index in [9.17, 15) is 4.79 Å². The number of anilines is 1. The molecule has 0 atom stereocenters. The van der Waals surface area contributed by atoms with Crippen LogP contribution in [0.5, 0.6) is 5.75 Å². The molecule has 7 heteroatoms. The van der Waals surface area contributed by atoms with Crippen LogP contribution in [0.2, 0.25) is 5.02 Å². The topological polar surface area (TPSA) is 56.8 Å². The van der Waals surface area contributed by atoms with Crippen LogP contribution in [-0.4, -0.2) is 36.7 Å². The molecule has 2 heterocycles. The quantitative estimate of drug-likeness (QED) is 0.771. The normalized spacial score (nSPS) is 25.0. The molecule has 1 amide bonds. The van der Waals surface area contributed by atoms with Gasteiger partial charge in [-0.15, -0.1) is 0 Å². The Kier molecular flexibility index (Phi) is 5.83. The number of hydrogen-bond donors (Lipinski definition) is 1. The molecule has 0 aromatic heterocycles. The van der Waals surface area contributed by atoms with Gasteiger partial charge in [-0.05, 0) is 43.3 Å². The molecule has 0 aliphatic carbocycles. The first-order chi connectivity index (χ1) is 13.5. The summed E-state index contributed by atoms with van der Waals surface area (Å²) in [5.74, 6) is 2.76. The van der Waals surface area contributed by atoms with E-state index in [4.69, 9.17) is 25.8 Å². The van der Waals surface area contributed by atoms with Gasteiger partial charge in [0.05, 0.1) is 18.6 Å². The molecule has 1 N–H and O–H groups in total. The van der Waals surface area contributed by atoms with Crippen molar-refractivity contribution in [2.75, 3.05) is 30.0 Å². The lowest BCUT2D eigenvalue weighted by molar-refractivity contribution is -0.226. The maximum Gasteiger partial charge on any atom is 0.234 e. The average molecular weight is 420 g/mol. The van der Waals surface area contributed by atoms with Crippen molar-refractivity contribution in [1.82, 2.24) is 0 Å². The van der Waals surface area contributed by atoms with E-state index in [1.807, 2.05) is 55.1 Å². The van der Waals surface area contributed by atoms with Crippen molar-refractivity contribution >= 4 is 35.0 Å². The number of hydrogen-bond acceptors (Lipinski definition) is 5. The van der Waals surface area contributed by atoms with Crippen LogP contribution in [-0.2, 0) is 14.3 Å². The monoisotopic (exact) mass is 419 g/mol. The van der Waals surface area contributed by atoms with E-state index in [-0.39, 0.29) is 19.1 Å². The number of ether oxygens (including phenoxy) is 3. The van der Waals surface area contributed by atoms with E-state index >= 15 is 0 Å². The predicted molar refractivity (Wildman–Crippen MR) is 111 cm³/mol. The lowest BCUT2D eigenvalue weighted by Gasteiger charge is -2.36. The van der Waals surface area contributed by atoms with E-state index in [2.05, 4.69) is 5.32 Å². The summed E-state index contributed by atoms with van der Waals surface area (Å²) in [4.78, 5) is 12.8. The fourth-order valence-electron chi connectivity index (χ4n) is 2.93. The van der Waals surface area contributed by atoms with Crippen LogP contribution in [0.15, 0.2) is 48.5 Å². The fourth-order valence-corrected chi connectivity index (χ4v) is 3.62. The minimum absolute atomic E-state index is 0.133. The van der Waals surface area contributed by atoms with Crippen LogP contribution < -0.4 is 10.1 Å². The van der Waals surface area contributed by atoms with Crippen molar-refractivity contribution in [3.63, 3.8) is 0 Å². The number of benzene rings is 2. The molecule has 4 rings (SSSR count). The highest BCUT2D eigenvalue weighted by molar-refractivity contribution is 8.00. The van der Waals surface area contributed by atoms with Gasteiger partial charge in [0.25, 0.3) is 0 Å². The Hall–Kier alpha value is -1.73. The molecule has 0 radical (unpaired) electrons. The zero-order valence-corrected chi connectivity index (χ0v) is 17.1. The van der Waals surface area contributed by atoms with Gasteiger partial charge in [0.1, 0.15) is 11.9 Å². The molecule has 28 heavy (non-hydrogen) atoms. The summed E-state index contributed by atoms with van der Waals surface area (Å²) in [6, 6.07) is 14.8. The van der Waals surface area contributed by atoms with E-state index in [1.54, 1.807) is 12.1 Å². The molecule has 0 saturated carbocycles. The lowest BCUT2D eigenvalue weighted by atomic mass is 9.90. The van der Waals surface area contributed by atoms with Gasteiger partial charge in [0.2, 0.25) is 5.91 Å². The summed E-state index contributed by atoms with van der Waals surface area (Å²) in [6.07, 6.45) is -0.186. The second-order valence-corrected chi connectivity index (χ2v) is 8.83. The SMILES string of the molecule is CC1(C(=O)Nc2ccc(OC3CSC3)cc2)COC(c2ccc(Cl)cc2)OC1. The highest BCUT2D eigenvalue weighted by Gasteiger charge is 2.40. The van der Waals surface area contributed by atoms with Crippen molar-refractivity contribution < 1.29 is 19.0 Å². The molecule has 5 nitrogen and oxygen atoms in total. The third-order valence-corrected chi connectivity index (χ3v) is 6.29. The molecule has 0 spiro atoms. The highest BCUT2D eigenvalue weighted by atomic mass is 35.5. The van der Waals surface area contributed by atoms with E-state index in [0.29, 0.717) is 11.1 Å². The van der Waals surface area contributed by atoms with Gasteiger partial charge in [-0.2, -0.15) is 11.8 Å². The zero-order valence-electron chi connectivity index (χ0n) is 15.5. The second kappa shape index (κ2) is 8.33. The Morgan fingerprint density at radius 2 is 1.75 bits per heavy atom. The van der Waals surface area contributed by atoms with Crippen LogP contribution in [0.4, 0.5) is 5.69 Å². The van der Waals surface area contributed by atoms with Crippen molar-refractivity contribution in [3.05, 3.63) is 59.1 Å². The minimum atomic E-state index is -0.763. The van der Waals surface area contributed by atoms with Crippen LogP contribution in [0.3, 0.4) is 0 Å². The number of rotatable bonds is 5. The lowest BCUT2D eigenvalue weighted by Crippen LogP contribution is -2.45. The molecule has 2 aromatic carbocycles. The van der Waals surface area contributed by atoms with E-state index < -0.39 is 11.7 Å². The van der Waals surface area contributed by atoms with Gasteiger partial charge in [0, 0.05) is 27.8 Å². The number of carbonyl (C=O) groups excluding carboxylic acids is 1. The Morgan fingerprint density at radius 3 is 2.32 bits per heavy atom. The summed E-state index contributed by atoms with van der Waals surface area (Å²) in [7, 11) is 0. The van der Waals surface area contributed by atoms with Gasteiger partial charge < -0.3 is 19.5 Å². The smallest absolute Gasteiger partial charge is 0.234 e. The van der Waals surface area contributed by atoms with Crippen LogP contribution in [0, 0.1) is 5.41 Å². The summed E-state index contributed by atoms with van der Waals surface area (Å²) >= 11 is 7.79. The number of nitrogens with one attached hydrogen (secondary N) is 1. The zero-order chi connectivity index (χ0) is 19.6. The largest absolute Gasteiger partial charge is 0.489 e. The van der Waals surface area contributed by atoms with Crippen LogP contribution >= 0.6 is 23.4 Å². The van der Waals surface area contributed by atoms with Gasteiger partial charge in [-0.1, -0.05) is 23.7 Å². The molecule has 2 aliphatic rings. The minimum Gasteiger partial charge on any atom is -0.489 e. The summed E-state index contributed by atoms with van der Waals surface area (Å²) in [5, 5.41) is 3.61. The molecule has 2 fully saturated rings. The number of halogens is 1. The number of amides is 1. The van der Waals surface area contributed by atoms with E-state index in [0.717, 1.165) is 28.5 Å². The molecule has 2 aromatic rings. The van der Waals surface area contributed by atoms with Crippen LogP contribution in [0.25, 0.3) is 0 Å². The Bertz CT molecular complexity index is 815. The number of carbonyl (C=O) groups is 1. The van der Waals surface area contributed by atoms with Crippen molar-refractivity contribution in [1.29, 1.82) is 0 Å². The predicted octanol–water partition coefficient (Wildman–Crippen LogP) is 4.52. The first-order valence-corrected chi connectivity index (χ1v) is 10.7. The maximum atomic E-state index is 12.8. The van der Waals surface area contributed by atoms with Gasteiger partial charge in [-0.3, -0.25) is 4.79 Å². The van der Waals surface area contributed by atoms with Gasteiger partial charge in [-0.25, -0.2) is 0 Å². The van der Waals surface area contributed by atoms with Gasteiger partial charge in [0.15, 0.2) is 6.29 Å². The summed E-state index contributed by atoms with van der Waals surface area (Å²) in [5.41, 5.74) is 0.843. The second-order valence-electron chi connectivity index (χ2n) is 7.32. The molecule has 2 saturated heterocycles. The molecule has 0 bridgehead atoms. The fraction of sp³-hybridized carbons (Fsp3) is 0.381. The molecule has 2 aliphatic heterocycles. The molecular weight excluding hydrogens is 398 g/mol. The molecule has 148 valence electrons. The van der Waals surface area contributed by atoms with Crippen molar-refractivity contribution in [2.24, 2.45) is 5.41 Å². The average Bonchev–Trinajstić information content (AvgIpc) is 2.67. The molecule has 0 unspecified atom stereocenters. The van der Waals surface area contributed by atoms with Crippen LogP contribution in [0.1, 0.15) is 18.8 Å². The first kappa shape index (κ1) is 19.6. The Balaban J connectivity index is 1.32. The third-order valence-electron chi connectivity index (χ3n) is 4.82. The summed E-state index contributed by atoms with van der Waals surface area (Å²) in [6.45, 7) is 2.38. The van der Waals surface area contributed by atoms with E-state index in [1.165, 1.54) is 0 Å². The third kappa shape index (κ3) is 4.46. The standard InChI is InChI=1S/C21H22ClNO4S/c1-21(12-25-19(26-13-21)14-2-4-15(22)5-3-14)20(24)23-16-6-8-17(9-7-16)27-18-10-28-11-18/h2-9,18-19H,10-13H2,1H3,(H,23,24). The first-order valence-electron chi connectivity index (χ1n) is 9.16. The Labute approximate surface area is 173 Å². The maximum absolute atomic E-state index is 12.8. The Morgan fingerprint density at radius 1 is 1.11 bits per heavy atom.